The van der Waals surface area contributed by atoms with Crippen molar-refractivity contribution in [2.45, 2.75) is 25.4 Å². The fourth-order valence-corrected chi connectivity index (χ4v) is 2.12. The van der Waals surface area contributed by atoms with Crippen LogP contribution >= 0.6 is 0 Å². The van der Waals surface area contributed by atoms with Gasteiger partial charge >= 0.3 is 5.97 Å². The Balaban J connectivity index is 1.70. The van der Waals surface area contributed by atoms with Crippen LogP contribution in [-0.4, -0.2) is 42.8 Å². The number of carbonyl (C=O) groups excluding carboxylic acids is 1. The van der Waals surface area contributed by atoms with E-state index >= 15 is 0 Å². The number of carboxylic acids is 1. The summed E-state index contributed by atoms with van der Waals surface area (Å²) < 4.78 is 10.8. The van der Waals surface area contributed by atoms with Crippen LogP contribution in [-0.2, 0) is 9.53 Å². The van der Waals surface area contributed by atoms with Gasteiger partial charge in [0.05, 0.1) is 12.1 Å². The number of carbonyl (C=O) groups is 2. The van der Waals surface area contributed by atoms with Crippen molar-refractivity contribution in [2.75, 3.05) is 19.8 Å². The molecular weight excluding hydrogens is 274 g/mol. The molecule has 21 heavy (non-hydrogen) atoms. The van der Waals surface area contributed by atoms with E-state index in [0.29, 0.717) is 18.9 Å². The van der Waals surface area contributed by atoms with Gasteiger partial charge in [0.1, 0.15) is 18.5 Å². The van der Waals surface area contributed by atoms with Gasteiger partial charge in [-0.25, -0.2) is 4.79 Å². The molecule has 1 aliphatic heterocycles. The van der Waals surface area contributed by atoms with E-state index < -0.39 is 5.97 Å². The molecule has 1 aliphatic rings. The van der Waals surface area contributed by atoms with Crippen molar-refractivity contribution in [1.29, 1.82) is 0 Å². The SMILES string of the molecule is O=C(O)c1cccc(OCCNC(=O)[C@H]2CCCCO2)c1. The Morgan fingerprint density at radius 2 is 2.24 bits per heavy atom. The summed E-state index contributed by atoms with van der Waals surface area (Å²) in [5, 5.41) is 11.6. The molecule has 0 spiro atoms. The molecule has 0 bridgehead atoms. The zero-order valence-corrected chi connectivity index (χ0v) is 11.7. The zero-order valence-electron chi connectivity index (χ0n) is 11.7. The van der Waals surface area contributed by atoms with Crippen molar-refractivity contribution in [3.8, 4) is 5.75 Å². The molecule has 0 radical (unpaired) electrons. The van der Waals surface area contributed by atoms with E-state index in [0.717, 1.165) is 19.3 Å². The van der Waals surface area contributed by atoms with E-state index in [1.54, 1.807) is 12.1 Å². The number of ether oxygens (including phenoxy) is 2. The monoisotopic (exact) mass is 293 g/mol. The summed E-state index contributed by atoms with van der Waals surface area (Å²) in [5.74, 6) is -0.640. The molecular formula is C15H19NO5. The maximum Gasteiger partial charge on any atom is 0.335 e. The minimum atomic E-state index is -0.997. The fraction of sp³-hybridized carbons (Fsp3) is 0.467. The van der Waals surface area contributed by atoms with Crippen molar-refractivity contribution < 1.29 is 24.2 Å². The number of nitrogens with one attached hydrogen (secondary N) is 1. The summed E-state index contributed by atoms with van der Waals surface area (Å²) in [4.78, 5) is 22.6. The standard InChI is InChI=1S/C15H19NO5/c17-14(13-6-1-2-8-21-13)16-7-9-20-12-5-3-4-11(10-12)15(18)19/h3-5,10,13H,1-2,6-9H2,(H,16,17)(H,18,19)/t13-/m1/s1. The van der Waals surface area contributed by atoms with Gasteiger partial charge < -0.3 is 19.9 Å². The van der Waals surface area contributed by atoms with Crippen LogP contribution in [0, 0.1) is 0 Å². The molecule has 1 aromatic carbocycles. The Morgan fingerprint density at radius 1 is 1.38 bits per heavy atom. The minimum absolute atomic E-state index is 0.113. The smallest absolute Gasteiger partial charge is 0.335 e. The highest BCUT2D eigenvalue weighted by atomic mass is 16.5. The molecule has 0 aromatic heterocycles. The summed E-state index contributed by atoms with van der Waals surface area (Å²) in [7, 11) is 0. The first kappa shape index (κ1) is 15.3. The van der Waals surface area contributed by atoms with E-state index in [4.69, 9.17) is 14.6 Å². The van der Waals surface area contributed by atoms with Crippen LogP contribution in [0.15, 0.2) is 24.3 Å². The van der Waals surface area contributed by atoms with Crippen molar-refractivity contribution in [2.24, 2.45) is 0 Å². The van der Waals surface area contributed by atoms with Gasteiger partial charge in [-0.1, -0.05) is 6.07 Å². The lowest BCUT2D eigenvalue weighted by Crippen LogP contribution is -2.40. The first-order valence-corrected chi connectivity index (χ1v) is 7.02. The quantitative estimate of drug-likeness (QED) is 0.775. The van der Waals surface area contributed by atoms with Gasteiger partial charge in [0, 0.05) is 6.61 Å². The van der Waals surface area contributed by atoms with E-state index in [1.807, 2.05) is 0 Å². The first-order valence-electron chi connectivity index (χ1n) is 7.02. The Morgan fingerprint density at radius 3 is 2.95 bits per heavy atom. The highest BCUT2D eigenvalue weighted by Crippen LogP contribution is 2.14. The average molecular weight is 293 g/mol. The van der Waals surface area contributed by atoms with Gasteiger partial charge in [-0.2, -0.15) is 0 Å². The predicted octanol–water partition coefficient (Wildman–Crippen LogP) is 1.45. The number of hydrogen-bond donors (Lipinski definition) is 2. The Kier molecular flexibility index (Phi) is 5.57. The molecule has 1 heterocycles. The third-order valence-electron chi connectivity index (χ3n) is 3.22. The highest BCUT2D eigenvalue weighted by molar-refractivity contribution is 5.88. The summed E-state index contributed by atoms with van der Waals surface area (Å²) in [6.07, 6.45) is 2.42. The summed E-state index contributed by atoms with van der Waals surface area (Å²) >= 11 is 0. The highest BCUT2D eigenvalue weighted by Gasteiger charge is 2.21. The van der Waals surface area contributed by atoms with Gasteiger partial charge in [-0.15, -0.1) is 0 Å². The van der Waals surface area contributed by atoms with Crippen LogP contribution in [0.4, 0.5) is 0 Å². The normalized spacial score (nSPS) is 18.0. The Hall–Kier alpha value is -2.08. The lowest BCUT2D eigenvalue weighted by molar-refractivity contribution is -0.135. The summed E-state index contributed by atoms with van der Waals surface area (Å²) in [6, 6.07) is 6.25. The van der Waals surface area contributed by atoms with Gasteiger partial charge in [-0.3, -0.25) is 4.79 Å². The number of benzene rings is 1. The Labute approximate surface area is 123 Å². The van der Waals surface area contributed by atoms with Crippen molar-refractivity contribution in [3.05, 3.63) is 29.8 Å². The number of hydrogen-bond acceptors (Lipinski definition) is 4. The van der Waals surface area contributed by atoms with Gasteiger partial charge in [-0.05, 0) is 37.5 Å². The molecule has 114 valence electrons. The lowest BCUT2D eigenvalue weighted by atomic mass is 10.1. The lowest BCUT2D eigenvalue weighted by Gasteiger charge is -2.21. The van der Waals surface area contributed by atoms with E-state index in [9.17, 15) is 9.59 Å². The second-order valence-electron chi connectivity index (χ2n) is 4.83. The fourth-order valence-electron chi connectivity index (χ4n) is 2.12. The molecule has 0 unspecified atom stereocenters. The molecule has 1 fully saturated rings. The van der Waals surface area contributed by atoms with Crippen LogP contribution < -0.4 is 10.1 Å². The number of amides is 1. The second kappa shape index (κ2) is 7.64. The van der Waals surface area contributed by atoms with Crippen molar-refractivity contribution in [1.82, 2.24) is 5.32 Å². The second-order valence-corrected chi connectivity index (χ2v) is 4.83. The van der Waals surface area contributed by atoms with E-state index in [2.05, 4.69) is 5.32 Å². The maximum absolute atomic E-state index is 11.8. The third-order valence-corrected chi connectivity index (χ3v) is 3.22. The molecule has 0 saturated carbocycles. The Bertz CT molecular complexity index is 497. The molecule has 6 heteroatoms. The largest absolute Gasteiger partial charge is 0.492 e. The van der Waals surface area contributed by atoms with Crippen LogP contribution in [0.25, 0.3) is 0 Å². The number of aromatic carboxylic acids is 1. The molecule has 2 N–H and O–H groups in total. The first-order chi connectivity index (χ1) is 10.2. The van der Waals surface area contributed by atoms with Gasteiger partial charge in [0.15, 0.2) is 0 Å². The molecule has 1 saturated heterocycles. The third kappa shape index (κ3) is 4.75. The van der Waals surface area contributed by atoms with Crippen LogP contribution in [0.3, 0.4) is 0 Å². The van der Waals surface area contributed by atoms with Gasteiger partial charge in [0.2, 0.25) is 5.91 Å². The topological polar surface area (TPSA) is 84.9 Å². The maximum atomic E-state index is 11.8. The molecule has 1 atom stereocenters. The van der Waals surface area contributed by atoms with Crippen LogP contribution in [0.5, 0.6) is 5.75 Å². The summed E-state index contributed by atoms with van der Waals surface area (Å²) in [5.41, 5.74) is 0.173. The molecule has 2 rings (SSSR count). The molecule has 1 amide bonds. The average Bonchev–Trinajstić information content (AvgIpc) is 2.52. The predicted molar refractivity (Wildman–Crippen MR) is 75.5 cm³/mol. The van der Waals surface area contributed by atoms with E-state index in [-0.39, 0.29) is 24.2 Å². The van der Waals surface area contributed by atoms with Crippen LogP contribution in [0.1, 0.15) is 29.6 Å². The molecule has 6 nitrogen and oxygen atoms in total. The molecule has 1 aromatic rings. The van der Waals surface area contributed by atoms with Crippen molar-refractivity contribution in [3.63, 3.8) is 0 Å². The van der Waals surface area contributed by atoms with Crippen LogP contribution in [0.2, 0.25) is 0 Å². The summed E-state index contributed by atoms with van der Waals surface area (Å²) in [6.45, 7) is 1.27. The van der Waals surface area contributed by atoms with E-state index in [1.165, 1.54) is 12.1 Å². The van der Waals surface area contributed by atoms with Gasteiger partial charge in [0.25, 0.3) is 0 Å². The van der Waals surface area contributed by atoms with Crippen molar-refractivity contribution >= 4 is 11.9 Å². The minimum Gasteiger partial charge on any atom is -0.492 e. The molecule has 0 aliphatic carbocycles. The number of rotatable bonds is 6. The zero-order chi connectivity index (χ0) is 15.1. The number of carboxylic acid groups (broad SMARTS) is 1.